The second kappa shape index (κ2) is 7.36. The van der Waals surface area contributed by atoms with Gasteiger partial charge in [0, 0.05) is 12.7 Å². The van der Waals surface area contributed by atoms with Gasteiger partial charge in [0.15, 0.2) is 0 Å². The highest BCUT2D eigenvalue weighted by Crippen LogP contribution is 2.29. The van der Waals surface area contributed by atoms with Crippen molar-refractivity contribution in [3.05, 3.63) is 49.0 Å². The van der Waals surface area contributed by atoms with Gasteiger partial charge in [-0.3, -0.25) is 4.79 Å². The van der Waals surface area contributed by atoms with Gasteiger partial charge in [-0.25, -0.2) is 0 Å². The third kappa shape index (κ3) is 3.91. The third-order valence-electron chi connectivity index (χ3n) is 2.54. The average molecular weight is 420 g/mol. The molecule has 2 rings (SSSR count). The normalized spacial score (nSPS) is 10.6. The first kappa shape index (κ1) is 15.7. The molecule has 0 atom stereocenters. The van der Waals surface area contributed by atoms with Crippen LogP contribution < -0.4 is 4.74 Å². The molecule has 0 bridgehead atoms. The van der Waals surface area contributed by atoms with Crippen molar-refractivity contribution in [3.63, 3.8) is 0 Å². The summed E-state index contributed by atoms with van der Waals surface area (Å²) in [4.78, 5) is 13.0. The summed E-state index contributed by atoms with van der Waals surface area (Å²) in [6.07, 6.45) is 0. The standard InChI is InChI=1S/C14H12Br2O3S/c1-18-6-7-19-11-3-2-9(8-10(11)15)14(17)12-4-5-13(16)20-12/h2-5,8H,6-7H2,1H3. The van der Waals surface area contributed by atoms with Crippen LogP contribution in [0.1, 0.15) is 15.2 Å². The van der Waals surface area contributed by atoms with Crippen LogP contribution in [0.4, 0.5) is 0 Å². The van der Waals surface area contributed by atoms with Crippen LogP contribution in [0.25, 0.3) is 0 Å². The Balaban J connectivity index is 2.14. The maximum absolute atomic E-state index is 12.3. The summed E-state index contributed by atoms with van der Waals surface area (Å²) >= 11 is 8.20. The highest BCUT2D eigenvalue weighted by molar-refractivity contribution is 9.11. The van der Waals surface area contributed by atoms with Crippen LogP contribution in [-0.2, 0) is 4.74 Å². The van der Waals surface area contributed by atoms with Crippen molar-refractivity contribution < 1.29 is 14.3 Å². The predicted molar refractivity (Wildman–Crippen MR) is 87.0 cm³/mol. The lowest BCUT2D eigenvalue weighted by atomic mass is 10.1. The van der Waals surface area contributed by atoms with E-state index < -0.39 is 0 Å². The van der Waals surface area contributed by atoms with Crippen LogP contribution in [0, 0.1) is 0 Å². The fourth-order valence-electron chi connectivity index (χ4n) is 1.57. The molecule has 3 nitrogen and oxygen atoms in total. The molecule has 0 radical (unpaired) electrons. The summed E-state index contributed by atoms with van der Waals surface area (Å²) in [6.45, 7) is 0.997. The van der Waals surface area contributed by atoms with Crippen LogP contribution in [0.2, 0.25) is 0 Å². The summed E-state index contributed by atoms with van der Waals surface area (Å²) in [5.41, 5.74) is 0.630. The lowest BCUT2D eigenvalue weighted by Gasteiger charge is -2.08. The molecule has 0 saturated carbocycles. The molecule has 0 spiro atoms. The molecule has 2 aromatic rings. The lowest BCUT2D eigenvalue weighted by molar-refractivity contribution is 0.104. The first-order valence-electron chi connectivity index (χ1n) is 5.83. The van der Waals surface area contributed by atoms with Gasteiger partial charge in [0.2, 0.25) is 5.78 Å². The number of hydrogen-bond donors (Lipinski definition) is 0. The van der Waals surface area contributed by atoms with Crippen molar-refractivity contribution in [1.29, 1.82) is 0 Å². The Morgan fingerprint density at radius 1 is 1.20 bits per heavy atom. The summed E-state index contributed by atoms with van der Waals surface area (Å²) in [5.74, 6) is 0.704. The lowest BCUT2D eigenvalue weighted by Crippen LogP contribution is -2.05. The Bertz CT molecular complexity index is 610. The van der Waals surface area contributed by atoms with Gasteiger partial charge in [-0.05, 0) is 62.2 Å². The fraction of sp³-hybridized carbons (Fsp3) is 0.214. The first-order chi connectivity index (χ1) is 9.61. The maximum Gasteiger partial charge on any atom is 0.203 e. The maximum atomic E-state index is 12.3. The number of halogens is 2. The van der Waals surface area contributed by atoms with Crippen molar-refractivity contribution in [3.8, 4) is 5.75 Å². The molecule has 1 aromatic heterocycles. The van der Waals surface area contributed by atoms with Crippen LogP contribution in [0.5, 0.6) is 5.75 Å². The number of ketones is 1. The Labute approximate surface area is 138 Å². The molecule has 0 aliphatic carbocycles. The molecule has 1 heterocycles. The first-order valence-corrected chi connectivity index (χ1v) is 8.23. The zero-order valence-corrected chi connectivity index (χ0v) is 14.7. The van der Waals surface area contributed by atoms with E-state index in [-0.39, 0.29) is 5.78 Å². The molecular weight excluding hydrogens is 408 g/mol. The SMILES string of the molecule is COCCOc1ccc(C(=O)c2ccc(Br)s2)cc1Br. The van der Waals surface area contributed by atoms with Crippen LogP contribution in [-0.4, -0.2) is 26.1 Å². The van der Waals surface area contributed by atoms with E-state index in [9.17, 15) is 4.79 Å². The molecule has 0 unspecified atom stereocenters. The van der Waals surface area contributed by atoms with E-state index in [1.54, 1.807) is 25.3 Å². The number of hydrogen-bond acceptors (Lipinski definition) is 4. The van der Waals surface area contributed by atoms with Crippen molar-refractivity contribution >= 4 is 49.0 Å². The zero-order chi connectivity index (χ0) is 14.5. The number of carbonyl (C=O) groups excluding carboxylic acids is 1. The molecule has 6 heteroatoms. The van der Waals surface area contributed by atoms with Crippen molar-refractivity contribution in [2.24, 2.45) is 0 Å². The van der Waals surface area contributed by atoms with Crippen molar-refractivity contribution in [1.82, 2.24) is 0 Å². The molecular formula is C14H12Br2O3S. The quantitative estimate of drug-likeness (QED) is 0.509. The van der Waals surface area contributed by atoms with E-state index in [4.69, 9.17) is 9.47 Å². The minimum atomic E-state index is 0.00448. The van der Waals surface area contributed by atoms with Gasteiger partial charge in [0.05, 0.1) is 19.7 Å². The Morgan fingerprint density at radius 2 is 2.00 bits per heavy atom. The molecule has 0 aliphatic heterocycles. The third-order valence-corrected chi connectivity index (χ3v) is 4.78. The van der Waals surface area contributed by atoms with E-state index in [2.05, 4.69) is 31.9 Å². The largest absolute Gasteiger partial charge is 0.490 e. The number of benzene rings is 1. The number of rotatable bonds is 6. The van der Waals surface area contributed by atoms with Gasteiger partial charge in [-0.2, -0.15) is 0 Å². The van der Waals surface area contributed by atoms with Crippen molar-refractivity contribution in [2.75, 3.05) is 20.3 Å². The highest BCUT2D eigenvalue weighted by atomic mass is 79.9. The van der Waals surface area contributed by atoms with E-state index in [1.807, 2.05) is 12.1 Å². The van der Waals surface area contributed by atoms with Gasteiger partial charge >= 0.3 is 0 Å². The van der Waals surface area contributed by atoms with Gasteiger partial charge in [-0.1, -0.05) is 0 Å². The number of thiophene rings is 1. The number of ether oxygens (including phenoxy) is 2. The minimum Gasteiger partial charge on any atom is -0.490 e. The highest BCUT2D eigenvalue weighted by Gasteiger charge is 2.13. The summed E-state index contributed by atoms with van der Waals surface area (Å²) in [7, 11) is 1.62. The van der Waals surface area contributed by atoms with E-state index in [0.717, 1.165) is 8.26 Å². The van der Waals surface area contributed by atoms with E-state index in [1.165, 1.54) is 11.3 Å². The Kier molecular flexibility index (Phi) is 5.77. The van der Waals surface area contributed by atoms with Crippen LogP contribution in [0.15, 0.2) is 38.6 Å². The van der Waals surface area contributed by atoms with Crippen molar-refractivity contribution in [2.45, 2.75) is 0 Å². The summed E-state index contributed by atoms with van der Waals surface area (Å²) in [5, 5.41) is 0. The predicted octanol–water partition coefficient (Wildman–Crippen LogP) is 4.53. The van der Waals surface area contributed by atoms with E-state index >= 15 is 0 Å². The van der Waals surface area contributed by atoms with Gasteiger partial charge in [0.25, 0.3) is 0 Å². The van der Waals surface area contributed by atoms with Crippen LogP contribution in [0.3, 0.4) is 0 Å². The van der Waals surface area contributed by atoms with E-state index in [0.29, 0.717) is 29.4 Å². The molecule has 0 aliphatic rings. The van der Waals surface area contributed by atoms with Gasteiger partial charge < -0.3 is 9.47 Å². The molecule has 0 amide bonds. The smallest absolute Gasteiger partial charge is 0.203 e. The molecule has 0 fully saturated rings. The minimum absolute atomic E-state index is 0.00448. The zero-order valence-electron chi connectivity index (χ0n) is 10.7. The molecule has 0 saturated heterocycles. The van der Waals surface area contributed by atoms with Gasteiger partial charge in [0.1, 0.15) is 12.4 Å². The number of carbonyl (C=O) groups is 1. The Hall–Kier alpha value is -0.690. The fourth-order valence-corrected chi connectivity index (χ4v) is 3.41. The topological polar surface area (TPSA) is 35.5 Å². The Morgan fingerprint density at radius 3 is 2.60 bits per heavy atom. The van der Waals surface area contributed by atoms with Crippen LogP contribution >= 0.6 is 43.2 Å². The molecule has 106 valence electrons. The molecule has 20 heavy (non-hydrogen) atoms. The number of methoxy groups -OCH3 is 1. The summed E-state index contributed by atoms with van der Waals surface area (Å²) in [6, 6.07) is 9.01. The second-order valence-corrected chi connectivity index (χ2v) is 7.24. The summed E-state index contributed by atoms with van der Waals surface area (Å²) < 4.78 is 12.2. The molecule has 1 aromatic carbocycles. The van der Waals surface area contributed by atoms with Gasteiger partial charge in [-0.15, -0.1) is 11.3 Å². The monoisotopic (exact) mass is 418 g/mol. The second-order valence-electron chi connectivity index (χ2n) is 3.92. The average Bonchev–Trinajstić information content (AvgIpc) is 2.86. The molecule has 0 N–H and O–H groups in total.